The van der Waals surface area contributed by atoms with Gasteiger partial charge in [-0.2, -0.15) is 5.10 Å². The number of amides is 1. The molecule has 5 heteroatoms. The topological polar surface area (TPSA) is 69.2 Å². The summed E-state index contributed by atoms with van der Waals surface area (Å²) in [5, 5.41) is 16.1. The van der Waals surface area contributed by atoms with Crippen molar-refractivity contribution >= 4 is 5.91 Å². The number of H-pyrrole nitrogens is 1. The van der Waals surface area contributed by atoms with Gasteiger partial charge >= 0.3 is 0 Å². The number of aromatic amines is 1. The molecule has 2 heterocycles. The highest BCUT2D eigenvalue weighted by Crippen LogP contribution is 2.32. The van der Waals surface area contributed by atoms with E-state index in [1.54, 1.807) is 0 Å². The Morgan fingerprint density at radius 3 is 3.11 bits per heavy atom. The third-order valence-corrected chi connectivity index (χ3v) is 3.40. The van der Waals surface area contributed by atoms with E-state index in [2.05, 4.69) is 10.2 Å². The number of carbonyl (C=O) groups excluding carboxylic acids is 1. The minimum absolute atomic E-state index is 0.0291. The zero-order valence-electron chi connectivity index (χ0n) is 11.0. The van der Waals surface area contributed by atoms with Crippen molar-refractivity contribution in [2.45, 2.75) is 39.2 Å². The Morgan fingerprint density at radius 2 is 2.44 bits per heavy atom. The first kappa shape index (κ1) is 13.1. The number of nitrogens with zero attached hydrogens (tertiary/aromatic N) is 2. The predicted molar refractivity (Wildman–Crippen MR) is 67.9 cm³/mol. The van der Waals surface area contributed by atoms with E-state index >= 15 is 0 Å². The molecule has 1 fully saturated rings. The average molecular weight is 251 g/mol. The van der Waals surface area contributed by atoms with Crippen LogP contribution in [-0.4, -0.2) is 39.3 Å². The molecule has 0 aliphatic carbocycles. The maximum absolute atomic E-state index is 12.1. The highest BCUT2D eigenvalue weighted by Gasteiger charge is 2.32. The van der Waals surface area contributed by atoms with E-state index < -0.39 is 0 Å². The zero-order chi connectivity index (χ0) is 13.1. The lowest BCUT2D eigenvalue weighted by Crippen LogP contribution is -2.33. The third kappa shape index (κ3) is 2.56. The molecule has 1 aromatic rings. The third-order valence-electron chi connectivity index (χ3n) is 3.40. The molecule has 1 amide bonds. The highest BCUT2D eigenvalue weighted by molar-refractivity contribution is 5.78. The van der Waals surface area contributed by atoms with Crippen LogP contribution >= 0.6 is 0 Å². The van der Waals surface area contributed by atoms with Crippen LogP contribution in [-0.2, 0) is 11.2 Å². The lowest BCUT2D eigenvalue weighted by molar-refractivity contribution is -0.135. The van der Waals surface area contributed by atoms with Gasteiger partial charge in [-0.1, -0.05) is 13.8 Å². The van der Waals surface area contributed by atoms with Gasteiger partial charge in [-0.15, -0.1) is 0 Å². The fourth-order valence-corrected chi connectivity index (χ4v) is 2.47. The molecule has 5 nitrogen and oxygen atoms in total. The van der Waals surface area contributed by atoms with Crippen LogP contribution in [0, 0.1) is 5.92 Å². The van der Waals surface area contributed by atoms with Crippen molar-refractivity contribution < 1.29 is 9.90 Å². The first-order chi connectivity index (χ1) is 8.63. The molecule has 1 unspecified atom stereocenters. The Kier molecular flexibility index (Phi) is 4.01. The van der Waals surface area contributed by atoms with Gasteiger partial charge in [0.05, 0.1) is 11.7 Å². The van der Waals surface area contributed by atoms with Gasteiger partial charge in [-0.3, -0.25) is 9.89 Å². The van der Waals surface area contributed by atoms with E-state index in [0.29, 0.717) is 6.42 Å². The number of hydrogen-bond donors (Lipinski definition) is 2. The van der Waals surface area contributed by atoms with Crippen LogP contribution in [0.15, 0.2) is 6.07 Å². The lowest BCUT2D eigenvalue weighted by atomic mass is 10.1. The fourth-order valence-electron chi connectivity index (χ4n) is 2.47. The number of aliphatic hydroxyl groups excluding tert-OH is 1. The number of aromatic nitrogens is 2. The summed E-state index contributed by atoms with van der Waals surface area (Å²) >= 11 is 0. The first-order valence-corrected chi connectivity index (χ1v) is 6.59. The number of carbonyl (C=O) groups is 1. The van der Waals surface area contributed by atoms with Crippen LogP contribution in [0.2, 0.25) is 0 Å². The quantitative estimate of drug-likeness (QED) is 0.846. The van der Waals surface area contributed by atoms with Crippen LogP contribution < -0.4 is 0 Å². The second-order valence-electron chi connectivity index (χ2n) is 5.14. The molecule has 1 atom stereocenters. The maximum atomic E-state index is 12.1. The van der Waals surface area contributed by atoms with E-state index in [4.69, 9.17) is 5.11 Å². The second kappa shape index (κ2) is 5.52. The van der Waals surface area contributed by atoms with E-state index in [1.807, 2.05) is 24.8 Å². The van der Waals surface area contributed by atoms with Crippen LogP contribution in [0.1, 0.15) is 44.1 Å². The smallest absolute Gasteiger partial charge is 0.225 e. The van der Waals surface area contributed by atoms with Gasteiger partial charge < -0.3 is 10.0 Å². The number of hydrogen-bond acceptors (Lipinski definition) is 3. The van der Waals surface area contributed by atoms with Crippen LogP contribution in [0.3, 0.4) is 0 Å². The molecule has 0 spiro atoms. The van der Waals surface area contributed by atoms with E-state index in [0.717, 1.165) is 30.8 Å². The number of rotatable bonds is 4. The van der Waals surface area contributed by atoms with Gasteiger partial charge in [0.1, 0.15) is 0 Å². The van der Waals surface area contributed by atoms with E-state index in [9.17, 15) is 4.79 Å². The largest absolute Gasteiger partial charge is 0.396 e. The Balaban J connectivity index is 2.12. The molecule has 2 N–H and O–H groups in total. The SMILES string of the molecule is CC(C)C(=O)N1CCCC1c1cc(CCO)[nH]n1. The van der Waals surface area contributed by atoms with Crippen molar-refractivity contribution in [2.24, 2.45) is 5.92 Å². The standard InChI is InChI=1S/C13H21N3O2/c1-9(2)13(18)16-6-3-4-12(16)11-8-10(5-7-17)14-15-11/h8-9,12,17H,3-7H2,1-2H3,(H,14,15). The molecule has 1 aromatic heterocycles. The fraction of sp³-hybridized carbons (Fsp3) is 0.692. The Labute approximate surface area is 107 Å². The van der Waals surface area contributed by atoms with Crippen molar-refractivity contribution in [3.63, 3.8) is 0 Å². The van der Waals surface area contributed by atoms with Crippen molar-refractivity contribution in [3.05, 3.63) is 17.5 Å². The molecule has 1 aliphatic heterocycles. The van der Waals surface area contributed by atoms with Gasteiger partial charge in [-0.05, 0) is 18.9 Å². The number of nitrogens with one attached hydrogen (secondary N) is 1. The molecule has 18 heavy (non-hydrogen) atoms. The second-order valence-corrected chi connectivity index (χ2v) is 5.14. The zero-order valence-corrected chi connectivity index (χ0v) is 11.0. The molecule has 0 saturated carbocycles. The van der Waals surface area contributed by atoms with E-state index in [-0.39, 0.29) is 24.5 Å². The first-order valence-electron chi connectivity index (χ1n) is 6.59. The summed E-state index contributed by atoms with van der Waals surface area (Å²) in [6.45, 7) is 4.80. The summed E-state index contributed by atoms with van der Waals surface area (Å²) < 4.78 is 0. The van der Waals surface area contributed by atoms with Gasteiger partial charge in [0.25, 0.3) is 0 Å². The number of aliphatic hydroxyl groups is 1. The van der Waals surface area contributed by atoms with Crippen LogP contribution in [0.4, 0.5) is 0 Å². The summed E-state index contributed by atoms with van der Waals surface area (Å²) in [5.41, 5.74) is 1.85. The summed E-state index contributed by atoms with van der Waals surface area (Å²) in [4.78, 5) is 14.0. The average Bonchev–Trinajstić information content (AvgIpc) is 2.95. The maximum Gasteiger partial charge on any atom is 0.225 e. The van der Waals surface area contributed by atoms with Crippen LogP contribution in [0.25, 0.3) is 0 Å². The Bertz CT molecular complexity index is 414. The van der Waals surface area contributed by atoms with Gasteiger partial charge in [-0.25, -0.2) is 0 Å². The minimum atomic E-state index is 0.0291. The van der Waals surface area contributed by atoms with Gasteiger partial charge in [0, 0.05) is 31.2 Å². The summed E-state index contributed by atoms with van der Waals surface area (Å²) in [6.07, 6.45) is 2.59. The molecule has 1 aliphatic rings. The predicted octanol–water partition coefficient (Wildman–Crippen LogP) is 1.26. The lowest BCUT2D eigenvalue weighted by Gasteiger charge is -2.25. The van der Waals surface area contributed by atoms with Crippen molar-refractivity contribution in [1.29, 1.82) is 0 Å². The minimum Gasteiger partial charge on any atom is -0.396 e. The molecule has 0 radical (unpaired) electrons. The number of likely N-dealkylation sites (tertiary alicyclic amines) is 1. The molecule has 2 rings (SSSR count). The molecular weight excluding hydrogens is 230 g/mol. The van der Waals surface area contributed by atoms with Crippen molar-refractivity contribution in [2.75, 3.05) is 13.2 Å². The normalized spacial score (nSPS) is 19.8. The monoisotopic (exact) mass is 251 g/mol. The van der Waals surface area contributed by atoms with Crippen LogP contribution in [0.5, 0.6) is 0 Å². The van der Waals surface area contributed by atoms with Crippen molar-refractivity contribution in [1.82, 2.24) is 15.1 Å². The van der Waals surface area contributed by atoms with Gasteiger partial charge in [0.15, 0.2) is 0 Å². The summed E-state index contributed by atoms with van der Waals surface area (Å²) in [6, 6.07) is 2.07. The van der Waals surface area contributed by atoms with E-state index in [1.165, 1.54) is 0 Å². The Hall–Kier alpha value is -1.36. The summed E-state index contributed by atoms with van der Waals surface area (Å²) in [5.74, 6) is 0.227. The molecule has 0 aromatic carbocycles. The highest BCUT2D eigenvalue weighted by atomic mass is 16.3. The Morgan fingerprint density at radius 1 is 1.67 bits per heavy atom. The molecule has 0 bridgehead atoms. The summed E-state index contributed by atoms with van der Waals surface area (Å²) in [7, 11) is 0. The van der Waals surface area contributed by atoms with Gasteiger partial charge in [0.2, 0.25) is 5.91 Å². The molecule has 1 saturated heterocycles. The van der Waals surface area contributed by atoms with Crippen molar-refractivity contribution in [3.8, 4) is 0 Å². The molecular formula is C13H21N3O2. The molecule has 100 valence electrons.